The average Bonchev–Trinajstić information content (AvgIpc) is 2.83. The summed E-state index contributed by atoms with van der Waals surface area (Å²) in [6.45, 7) is 1.98. The second-order valence-corrected chi connectivity index (χ2v) is 8.48. The number of carbonyl (C=O) groups excluding carboxylic acids is 2. The van der Waals surface area contributed by atoms with Crippen molar-refractivity contribution in [3.8, 4) is 0 Å². The molecule has 26 heavy (non-hydrogen) atoms. The van der Waals surface area contributed by atoms with Crippen LogP contribution < -0.4 is 0 Å². The molecular weight excluding hydrogens is 388 g/mol. The summed E-state index contributed by atoms with van der Waals surface area (Å²) in [6, 6.07) is 7.36. The molecule has 0 saturated carbocycles. The molecule has 2 aliphatic rings. The fourth-order valence-electron chi connectivity index (χ4n) is 3.11. The number of nitrogens with zero attached hydrogens (tertiary/aromatic N) is 2. The molecular formula is C19H21ClN2O2S2. The summed E-state index contributed by atoms with van der Waals surface area (Å²) < 4.78 is 0.497. The molecule has 1 aromatic rings. The van der Waals surface area contributed by atoms with Gasteiger partial charge in [0, 0.05) is 31.1 Å². The quantitative estimate of drug-likeness (QED) is 0.549. The van der Waals surface area contributed by atoms with Crippen molar-refractivity contribution < 1.29 is 9.59 Å². The van der Waals surface area contributed by atoms with Gasteiger partial charge in [0.15, 0.2) is 0 Å². The van der Waals surface area contributed by atoms with E-state index in [4.69, 9.17) is 23.8 Å². The largest absolute Gasteiger partial charge is 0.343 e. The van der Waals surface area contributed by atoms with Crippen LogP contribution in [0.1, 0.15) is 37.7 Å². The number of thiocarbonyl (C=S) groups is 1. The third-order valence-corrected chi connectivity index (χ3v) is 6.30. The van der Waals surface area contributed by atoms with Gasteiger partial charge in [-0.05, 0) is 30.5 Å². The molecule has 2 fully saturated rings. The molecule has 0 aliphatic carbocycles. The molecule has 7 heteroatoms. The number of carbonyl (C=O) groups is 2. The molecule has 0 spiro atoms. The number of thioether (sulfide) groups is 1. The molecule has 0 radical (unpaired) electrons. The minimum absolute atomic E-state index is 0.107. The Kier molecular flexibility index (Phi) is 6.73. The van der Waals surface area contributed by atoms with E-state index in [-0.39, 0.29) is 11.8 Å². The van der Waals surface area contributed by atoms with Gasteiger partial charge < -0.3 is 4.90 Å². The zero-order valence-corrected chi connectivity index (χ0v) is 16.8. The fraction of sp³-hybridized carbons (Fsp3) is 0.421. The van der Waals surface area contributed by atoms with Crippen LogP contribution in [-0.2, 0) is 9.59 Å². The van der Waals surface area contributed by atoms with Crippen molar-refractivity contribution in [2.45, 2.75) is 32.1 Å². The van der Waals surface area contributed by atoms with Crippen molar-refractivity contribution in [2.24, 2.45) is 0 Å². The van der Waals surface area contributed by atoms with Gasteiger partial charge in [-0.3, -0.25) is 14.5 Å². The summed E-state index contributed by atoms with van der Waals surface area (Å²) in [6.07, 6.45) is 6.57. The Hall–Kier alpha value is -1.37. The predicted octanol–water partition coefficient (Wildman–Crippen LogP) is 4.33. The van der Waals surface area contributed by atoms with E-state index in [2.05, 4.69) is 0 Å². The first-order valence-corrected chi connectivity index (χ1v) is 10.4. The number of rotatable bonds is 4. The van der Waals surface area contributed by atoms with E-state index in [1.54, 1.807) is 12.1 Å². The van der Waals surface area contributed by atoms with E-state index < -0.39 is 0 Å². The standard InChI is InChI=1S/C19H21ClN2O2S2/c20-15-8-4-3-7-14(15)13-16-18(24)22(19(25)26-16)12-9-17(23)21-10-5-1-2-6-11-21/h3-4,7-8,13H,1-2,5-6,9-12H2/b16-13-. The summed E-state index contributed by atoms with van der Waals surface area (Å²) in [7, 11) is 0. The molecule has 3 rings (SSSR count). The van der Waals surface area contributed by atoms with Crippen LogP contribution in [0.25, 0.3) is 6.08 Å². The Morgan fingerprint density at radius 2 is 1.88 bits per heavy atom. The highest BCUT2D eigenvalue weighted by atomic mass is 35.5. The van der Waals surface area contributed by atoms with Gasteiger partial charge in [0.2, 0.25) is 5.91 Å². The maximum absolute atomic E-state index is 12.7. The number of halogens is 1. The molecule has 2 amide bonds. The summed E-state index contributed by atoms with van der Waals surface area (Å²) in [5, 5.41) is 0.592. The topological polar surface area (TPSA) is 40.6 Å². The van der Waals surface area contributed by atoms with Crippen LogP contribution >= 0.6 is 35.6 Å². The van der Waals surface area contributed by atoms with E-state index in [0.717, 1.165) is 31.5 Å². The van der Waals surface area contributed by atoms with Crippen LogP contribution in [0.15, 0.2) is 29.2 Å². The molecule has 2 heterocycles. The zero-order chi connectivity index (χ0) is 18.5. The van der Waals surface area contributed by atoms with Gasteiger partial charge in [-0.1, -0.05) is 66.6 Å². The molecule has 0 unspecified atom stereocenters. The van der Waals surface area contributed by atoms with E-state index in [0.29, 0.717) is 27.2 Å². The highest BCUT2D eigenvalue weighted by Crippen LogP contribution is 2.33. The van der Waals surface area contributed by atoms with Crippen molar-refractivity contribution >= 4 is 57.8 Å². The smallest absolute Gasteiger partial charge is 0.266 e. The number of amides is 2. The number of hydrogen-bond acceptors (Lipinski definition) is 4. The van der Waals surface area contributed by atoms with Crippen molar-refractivity contribution in [3.63, 3.8) is 0 Å². The summed E-state index contributed by atoms with van der Waals surface area (Å²) >= 11 is 12.8. The van der Waals surface area contributed by atoms with Crippen LogP contribution in [0.2, 0.25) is 5.02 Å². The third kappa shape index (κ3) is 4.67. The molecule has 2 saturated heterocycles. The van der Waals surface area contributed by atoms with Crippen molar-refractivity contribution in [3.05, 3.63) is 39.8 Å². The van der Waals surface area contributed by atoms with Crippen molar-refractivity contribution in [1.29, 1.82) is 0 Å². The van der Waals surface area contributed by atoms with Gasteiger partial charge in [-0.25, -0.2) is 0 Å². The molecule has 4 nitrogen and oxygen atoms in total. The summed E-state index contributed by atoms with van der Waals surface area (Å²) in [5.41, 5.74) is 0.787. The first-order valence-electron chi connectivity index (χ1n) is 8.84. The average molecular weight is 409 g/mol. The molecule has 0 bridgehead atoms. The molecule has 1 aromatic carbocycles. The minimum Gasteiger partial charge on any atom is -0.343 e. The Morgan fingerprint density at radius 3 is 2.58 bits per heavy atom. The maximum atomic E-state index is 12.7. The predicted molar refractivity (Wildman–Crippen MR) is 111 cm³/mol. The van der Waals surface area contributed by atoms with E-state index in [1.807, 2.05) is 23.1 Å². The maximum Gasteiger partial charge on any atom is 0.266 e. The number of benzene rings is 1. The highest BCUT2D eigenvalue weighted by molar-refractivity contribution is 8.26. The lowest BCUT2D eigenvalue weighted by Crippen LogP contribution is -2.36. The normalized spacial score (nSPS) is 20.0. The van der Waals surface area contributed by atoms with E-state index in [9.17, 15) is 9.59 Å². The Labute approximate surface area is 168 Å². The number of likely N-dealkylation sites (tertiary alicyclic amines) is 1. The van der Waals surface area contributed by atoms with Gasteiger partial charge in [-0.15, -0.1) is 0 Å². The van der Waals surface area contributed by atoms with Gasteiger partial charge in [0.05, 0.1) is 4.91 Å². The molecule has 2 aliphatic heterocycles. The Morgan fingerprint density at radius 1 is 1.19 bits per heavy atom. The van der Waals surface area contributed by atoms with Gasteiger partial charge >= 0.3 is 0 Å². The monoisotopic (exact) mass is 408 g/mol. The number of hydrogen-bond donors (Lipinski definition) is 0. The SMILES string of the molecule is O=C(CCN1C(=O)/C(=C/c2ccccc2Cl)SC1=S)N1CCCCCC1. The first kappa shape index (κ1) is 19.4. The van der Waals surface area contributed by atoms with Crippen molar-refractivity contribution in [1.82, 2.24) is 9.80 Å². The first-order chi connectivity index (χ1) is 12.6. The molecule has 138 valence electrons. The van der Waals surface area contributed by atoms with Crippen LogP contribution in [0.4, 0.5) is 0 Å². The lowest BCUT2D eigenvalue weighted by Gasteiger charge is -2.22. The summed E-state index contributed by atoms with van der Waals surface area (Å²) in [4.78, 5) is 29.1. The lowest BCUT2D eigenvalue weighted by atomic mass is 10.2. The van der Waals surface area contributed by atoms with Crippen LogP contribution in [0.3, 0.4) is 0 Å². The van der Waals surface area contributed by atoms with Gasteiger partial charge in [0.25, 0.3) is 5.91 Å². The molecule has 0 atom stereocenters. The second-order valence-electron chi connectivity index (χ2n) is 6.40. The van der Waals surface area contributed by atoms with Crippen LogP contribution in [0.5, 0.6) is 0 Å². The zero-order valence-electron chi connectivity index (χ0n) is 14.4. The fourth-order valence-corrected chi connectivity index (χ4v) is 4.60. The van der Waals surface area contributed by atoms with Crippen LogP contribution in [0, 0.1) is 0 Å². The third-order valence-electron chi connectivity index (χ3n) is 4.57. The van der Waals surface area contributed by atoms with Crippen molar-refractivity contribution in [2.75, 3.05) is 19.6 Å². The van der Waals surface area contributed by atoms with Gasteiger partial charge in [0.1, 0.15) is 4.32 Å². The summed E-state index contributed by atoms with van der Waals surface area (Å²) in [5.74, 6) is -0.0420. The molecule has 0 aromatic heterocycles. The highest BCUT2D eigenvalue weighted by Gasteiger charge is 2.32. The van der Waals surface area contributed by atoms with Gasteiger partial charge in [-0.2, -0.15) is 0 Å². The Balaban J connectivity index is 1.62. The Bertz CT molecular complexity index is 743. The lowest BCUT2D eigenvalue weighted by molar-refractivity contribution is -0.131. The van der Waals surface area contributed by atoms with E-state index >= 15 is 0 Å². The minimum atomic E-state index is -0.149. The van der Waals surface area contributed by atoms with Crippen LogP contribution in [-0.4, -0.2) is 45.6 Å². The molecule has 0 N–H and O–H groups in total. The second kappa shape index (κ2) is 9.02. The van der Waals surface area contributed by atoms with E-state index in [1.165, 1.54) is 29.5 Å².